The van der Waals surface area contributed by atoms with Crippen molar-refractivity contribution in [2.75, 3.05) is 20.0 Å². The molecule has 0 unspecified atom stereocenters. The summed E-state index contributed by atoms with van der Waals surface area (Å²) in [6, 6.07) is 0. The minimum atomic E-state index is -0.757. The number of carbonyl (C=O) groups excluding carboxylic acids is 2. The summed E-state index contributed by atoms with van der Waals surface area (Å²) in [5.74, 6) is -1.53. The quantitative estimate of drug-likeness (QED) is 0.502. The minimum absolute atomic E-state index is 0.0379. The van der Waals surface area contributed by atoms with E-state index in [1.165, 1.54) is 7.11 Å². The van der Waals surface area contributed by atoms with E-state index in [0.717, 1.165) is 24.9 Å². The summed E-state index contributed by atoms with van der Waals surface area (Å²) in [6.07, 6.45) is 0.945. The fourth-order valence-electron chi connectivity index (χ4n) is 0.968. The van der Waals surface area contributed by atoms with Crippen LogP contribution in [0.5, 0.6) is 0 Å². The van der Waals surface area contributed by atoms with E-state index in [1.54, 1.807) is 0 Å². The highest BCUT2D eigenvalue weighted by Crippen LogP contribution is 2.32. The van der Waals surface area contributed by atoms with Crippen LogP contribution in [0.3, 0.4) is 0 Å². The molecule has 10 heteroatoms. The van der Waals surface area contributed by atoms with Crippen molar-refractivity contribution in [2.24, 2.45) is 0 Å². The fourth-order valence-corrected chi connectivity index (χ4v) is 2.10. The lowest BCUT2D eigenvalue weighted by molar-refractivity contribution is -0.137. The Morgan fingerprint density at radius 3 is 2.35 bits per heavy atom. The summed E-state index contributed by atoms with van der Waals surface area (Å²) in [5, 5.41) is -0.0318. The van der Waals surface area contributed by atoms with Crippen molar-refractivity contribution in [3.05, 3.63) is 21.3 Å². The Balaban J connectivity index is 3.14. The van der Waals surface area contributed by atoms with Crippen molar-refractivity contribution < 1.29 is 19.1 Å². The normalized spacial score (nSPS) is 11.1. The Morgan fingerprint density at radius 1 is 1.20 bits per heavy atom. The van der Waals surface area contributed by atoms with Gasteiger partial charge in [-0.15, -0.1) is 0 Å². The zero-order valence-corrected chi connectivity index (χ0v) is 12.7. The number of nitrogen functional groups attached to an aromatic ring is 1. The molecule has 1 aromatic rings. The summed E-state index contributed by atoms with van der Waals surface area (Å²) >= 11 is 12.1. The van der Waals surface area contributed by atoms with Crippen molar-refractivity contribution in [3.8, 4) is 0 Å². The highest BCUT2D eigenvalue weighted by Gasteiger charge is 2.18. The van der Waals surface area contributed by atoms with Gasteiger partial charge in [-0.05, 0) is 0 Å². The molecule has 108 valence electrons. The van der Waals surface area contributed by atoms with Gasteiger partial charge in [-0.2, -0.15) is 0 Å². The van der Waals surface area contributed by atoms with Crippen LogP contribution in [0.25, 0.3) is 0 Å². The summed E-state index contributed by atoms with van der Waals surface area (Å²) in [7, 11) is 2.34. The lowest BCUT2D eigenvalue weighted by Gasteiger charge is -2.07. The summed E-state index contributed by atoms with van der Waals surface area (Å²) in [6.45, 7) is 0. The molecule has 0 atom stereocenters. The third-order valence-corrected chi connectivity index (χ3v) is 3.47. The molecule has 0 aliphatic heterocycles. The fraction of sp³-hybridized carbons (Fsp3) is 0.200. The third-order valence-electron chi connectivity index (χ3n) is 1.85. The molecule has 20 heavy (non-hydrogen) atoms. The standard InChI is InChI=1S/C10H9Cl2N3O4S/c1-18-5(16)3-4(10(17)19-2)20-9-8(13)14-6(11)7(12)15-9/h3H,1-2H3,(H2,13,14). The summed E-state index contributed by atoms with van der Waals surface area (Å²) < 4.78 is 8.98. The Labute approximate surface area is 128 Å². The van der Waals surface area contributed by atoms with Crippen molar-refractivity contribution in [3.63, 3.8) is 0 Å². The van der Waals surface area contributed by atoms with Gasteiger partial charge in [0.25, 0.3) is 0 Å². The maximum atomic E-state index is 11.6. The molecule has 0 amide bonds. The van der Waals surface area contributed by atoms with Crippen LogP contribution in [0.1, 0.15) is 0 Å². The molecule has 0 radical (unpaired) electrons. The first-order chi connectivity index (χ1) is 9.38. The molecule has 0 spiro atoms. The zero-order chi connectivity index (χ0) is 15.3. The van der Waals surface area contributed by atoms with E-state index in [9.17, 15) is 9.59 Å². The average Bonchev–Trinajstić information content (AvgIpc) is 2.42. The predicted molar refractivity (Wildman–Crippen MR) is 74.4 cm³/mol. The summed E-state index contributed by atoms with van der Waals surface area (Å²) in [4.78, 5) is 30.3. The molecule has 0 fully saturated rings. The number of methoxy groups -OCH3 is 2. The maximum Gasteiger partial charge on any atom is 0.345 e. The molecular formula is C10H9Cl2N3O4S. The molecule has 1 heterocycles. The van der Waals surface area contributed by atoms with Crippen LogP contribution >= 0.6 is 35.0 Å². The van der Waals surface area contributed by atoms with E-state index in [2.05, 4.69) is 19.4 Å². The minimum Gasteiger partial charge on any atom is -0.466 e. The number of anilines is 1. The molecule has 0 saturated heterocycles. The first-order valence-electron chi connectivity index (χ1n) is 4.93. The van der Waals surface area contributed by atoms with Gasteiger partial charge in [-0.3, -0.25) is 0 Å². The largest absolute Gasteiger partial charge is 0.466 e. The first kappa shape index (κ1) is 16.5. The van der Waals surface area contributed by atoms with Crippen LogP contribution in [0.15, 0.2) is 16.0 Å². The second kappa shape index (κ2) is 7.32. The predicted octanol–water partition coefficient (Wildman–Crippen LogP) is 1.69. The van der Waals surface area contributed by atoms with Crippen LogP contribution in [-0.4, -0.2) is 36.1 Å². The SMILES string of the molecule is COC(=O)C=C(Sc1nc(Cl)c(Cl)nc1N)C(=O)OC. The third kappa shape index (κ3) is 4.26. The molecule has 0 saturated carbocycles. The highest BCUT2D eigenvalue weighted by atomic mass is 35.5. The van der Waals surface area contributed by atoms with E-state index in [1.807, 2.05) is 0 Å². The number of nitrogens with zero attached hydrogens (tertiary/aromatic N) is 2. The van der Waals surface area contributed by atoms with Gasteiger partial charge in [-0.25, -0.2) is 19.6 Å². The first-order valence-corrected chi connectivity index (χ1v) is 6.50. The lowest BCUT2D eigenvalue weighted by atomic mass is 10.5. The summed E-state index contributed by atoms with van der Waals surface area (Å²) in [5.41, 5.74) is 5.61. The average molecular weight is 338 g/mol. The number of rotatable bonds is 4. The number of hydrogen-bond donors (Lipinski definition) is 1. The molecule has 1 rings (SSSR count). The lowest BCUT2D eigenvalue weighted by Crippen LogP contribution is -2.07. The van der Waals surface area contributed by atoms with Crippen molar-refractivity contribution in [1.29, 1.82) is 0 Å². The topological polar surface area (TPSA) is 104 Å². The van der Waals surface area contributed by atoms with Crippen molar-refractivity contribution in [1.82, 2.24) is 9.97 Å². The van der Waals surface area contributed by atoms with Gasteiger partial charge in [0, 0.05) is 6.08 Å². The van der Waals surface area contributed by atoms with Crippen LogP contribution in [0, 0.1) is 0 Å². The Bertz CT molecular complexity index is 580. The molecule has 0 aliphatic rings. The molecule has 0 aliphatic carbocycles. The van der Waals surface area contributed by atoms with E-state index < -0.39 is 11.9 Å². The molecule has 0 bridgehead atoms. The van der Waals surface area contributed by atoms with Gasteiger partial charge in [0.15, 0.2) is 16.1 Å². The van der Waals surface area contributed by atoms with Crippen LogP contribution in [0.4, 0.5) is 5.82 Å². The van der Waals surface area contributed by atoms with Gasteiger partial charge in [0.05, 0.1) is 14.2 Å². The zero-order valence-electron chi connectivity index (χ0n) is 10.3. The number of esters is 2. The molecule has 7 nitrogen and oxygen atoms in total. The molecular weight excluding hydrogens is 329 g/mol. The number of thioether (sulfide) groups is 1. The number of halogens is 2. The van der Waals surface area contributed by atoms with E-state index in [-0.39, 0.29) is 26.1 Å². The van der Waals surface area contributed by atoms with Gasteiger partial charge >= 0.3 is 11.9 Å². The van der Waals surface area contributed by atoms with Crippen molar-refractivity contribution >= 4 is 52.7 Å². The molecule has 1 aromatic heterocycles. The smallest absolute Gasteiger partial charge is 0.345 e. The van der Waals surface area contributed by atoms with Gasteiger partial charge < -0.3 is 15.2 Å². The van der Waals surface area contributed by atoms with E-state index in [4.69, 9.17) is 28.9 Å². The van der Waals surface area contributed by atoms with Crippen molar-refractivity contribution in [2.45, 2.75) is 5.03 Å². The Hall–Kier alpha value is -1.51. The van der Waals surface area contributed by atoms with Gasteiger partial charge in [-0.1, -0.05) is 35.0 Å². The van der Waals surface area contributed by atoms with Gasteiger partial charge in [0.2, 0.25) is 0 Å². The van der Waals surface area contributed by atoms with Crippen LogP contribution in [-0.2, 0) is 19.1 Å². The second-order valence-corrected chi connectivity index (χ2v) is 4.87. The maximum absolute atomic E-state index is 11.6. The number of hydrogen-bond acceptors (Lipinski definition) is 8. The van der Waals surface area contributed by atoms with Crippen LogP contribution in [0.2, 0.25) is 10.3 Å². The second-order valence-electron chi connectivity index (χ2n) is 3.12. The number of nitrogens with two attached hydrogens (primary N) is 1. The van der Waals surface area contributed by atoms with E-state index >= 15 is 0 Å². The van der Waals surface area contributed by atoms with Gasteiger partial charge in [0.1, 0.15) is 9.93 Å². The highest BCUT2D eigenvalue weighted by molar-refractivity contribution is 8.04. The molecule has 2 N–H and O–H groups in total. The Morgan fingerprint density at radius 2 is 1.80 bits per heavy atom. The number of carbonyl (C=O) groups is 2. The number of aromatic nitrogens is 2. The van der Waals surface area contributed by atoms with E-state index in [0.29, 0.717) is 0 Å². The monoisotopic (exact) mass is 337 g/mol. The number of ether oxygens (including phenoxy) is 2. The Kier molecular flexibility index (Phi) is 6.05. The molecule has 0 aromatic carbocycles. The van der Waals surface area contributed by atoms with Crippen LogP contribution < -0.4 is 5.73 Å².